The van der Waals surface area contributed by atoms with Crippen LogP contribution < -0.4 is 33.2 Å². The molecule has 784 valence electrons. The molecule has 14 bridgehead atoms. The molecule has 0 unspecified atom stereocenters. The molecule has 30 atom stereocenters. The highest BCUT2D eigenvalue weighted by Crippen LogP contribution is 2.73. The zero-order valence-corrected chi connectivity index (χ0v) is 87.0. The summed E-state index contributed by atoms with van der Waals surface area (Å²) in [6.07, 6.45) is 27.7. The Balaban J connectivity index is 0.0000000818. The summed E-state index contributed by atoms with van der Waals surface area (Å²) in [5, 5.41) is 94.8. The molecular weight excluding hydrogens is 1880 g/mol. The number of carbonyl (C=O) groups is 4. The average molecular weight is 2030 g/mol. The number of rotatable bonds is 1. The Morgan fingerprint density at radius 2 is 0.644 bits per heavy atom. The lowest BCUT2D eigenvalue weighted by atomic mass is 9.49. The summed E-state index contributed by atoms with van der Waals surface area (Å²) >= 11 is 0. The van der Waals surface area contributed by atoms with Crippen molar-refractivity contribution in [2.24, 2.45) is 29.6 Å². The van der Waals surface area contributed by atoms with Crippen LogP contribution in [0.5, 0.6) is 63.2 Å². The van der Waals surface area contributed by atoms with Gasteiger partial charge in [0.2, 0.25) is 0 Å². The third-order valence-electron chi connectivity index (χ3n) is 45.3. The lowest BCUT2D eigenvalue weighted by Gasteiger charge is -2.62. The third-order valence-corrected chi connectivity index (χ3v) is 45.3. The first kappa shape index (κ1) is 94.9. The fourth-order valence-electron chi connectivity index (χ4n) is 38.8. The van der Waals surface area contributed by atoms with Crippen LogP contribution in [0.1, 0.15) is 210 Å². The SMILES string of the molecule is CN1CC[C@]23c4c5ccc(CO)c4O[C@H]2C(=O)CC[C@H]3[C@H]1C5.CN1CC[C@]23c4c5ccc(O)c4O[C@H]2C(=O)CC[C@@]3(O)[C@H]1C5.CN1CC[C@]23c4c5ccc(O)c4O[C@H]2C(=O)CC[C@H]3[C@H]1C5.CN1CC[C@]23c4c5ccc(O)c4O[C@H]2CCC[C@H]3[C@H]1C5.CN1CC[C@]23c4c5ccc(O)c4O[C@H]2[C@@H](O)C=C[C@H]3[C@H]1C5.Cc1ccc2c3c1O[C@H]1C(=O)CC[C@@]4(O)[C@@H](C2)N(C)CC[C@]314.Cc1ccc2c3c1O[C@H]1[C@@H](O)C=C[C@H]4[C@@H](C2)N(C)CC[C@@]341. The summed E-state index contributed by atoms with van der Waals surface area (Å²) < 4.78 is 43.1. The fourth-order valence-corrected chi connectivity index (χ4v) is 38.8. The van der Waals surface area contributed by atoms with E-state index in [2.05, 4.69) is 132 Å². The summed E-state index contributed by atoms with van der Waals surface area (Å²) in [7, 11) is 15.3. The first-order chi connectivity index (χ1) is 71.7. The molecule has 7 saturated heterocycles. The number of ketones is 4. The number of ether oxygens (including phenoxy) is 7. The minimum Gasteiger partial charge on any atom is -0.504 e. The highest BCUT2D eigenvalue weighted by molar-refractivity contribution is 5.93. The molecule has 35 rings (SSSR count). The number of nitrogens with zero attached hydrogens (tertiary/aromatic N) is 7. The summed E-state index contributed by atoms with van der Waals surface area (Å²) in [6, 6.07) is 30.7. The van der Waals surface area contributed by atoms with E-state index in [-0.39, 0.29) is 111 Å². The molecular formula is C122H141N7O20. The van der Waals surface area contributed by atoms with Crippen LogP contribution in [0, 0.1) is 43.4 Å². The van der Waals surface area contributed by atoms with Gasteiger partial charge in [-0.05, 0) is 336 Å². The monoisotopic (exact) mass is 2020 g/mol. The van der Waals surface area contributed by atoms with Gasteiger partial charge in [0.1, 0.15) is 47.8 Å². The van der Waals surface area contributed by atoms with E-state index in [0.29, 0.717) is 128 Å². The van der Waals surface area contributed by atoms with E-state index in [0.717, 1.165) is 204 Å². The first-order valence-corrected chi connectivity index (χ1v) is 56.0. The highest BCUT2D eigenvalue weighted by Gasteiger charge is 2.77. The maximum absolute atomic E-state index is 12.6. The van der Waals surface area contributed by atoms with Gasteiger partial charge in [-0.15, -0.1) is 0 Å². The molecule has 27 heteroatoms. The molecule has 5 saturated carbocycles. The second-order valence-electron chi connectivity index (χ2n) is 50.6. The minimum atomic E-state index is -0.954. The Morgan fingerprint density at radius 1 is 0.315 bits per heavy atom. The lowest BCUT2D eigenvalue weighted by Crippen LogP contribution is -2.76. The predicted octanol–water partition coefficient (Wildman–Crippen LogP) is 10.6. The van der Waals surface area contributed by atoms with Crippen LogP contribution in [0.25, 0.3) is 0 Å². The second kappa shape index (κ2) is 32.6. The van der Waals surface area contributed by atoms with Gasteiger partial charge < -0.3 is 113 Å². The van der Waals surface area contributed by atoms with Gasteiger partial charge in [0, 0.05) is 151 Å². The van der Waals surface area contributed by atoms with E-state index in [9.17, 15) is 65.1 Å². The second-order valence-corrected chi connectivity index (χ2v) is 50.6. The highest BCUT2D eigenvalue weighted by atomic mass is 16.5. The van der Waals surface area contributed by atoms with Gasteiger partial charge >= 0.3 is 0 Å². The number of piperidine rings is 7. The van der Waals surface area contributed by atoms with Crippen LogP contribution in [0.4, 0.5) is 0 Å². The van der Waals surface area contributed by atoms with Crippen molar-refractivity contribution in [3.8, 4) is 63.2 Å². The molecule has 7 spiro atoms. The molecule has 7 aromatic rings. The van der Waals surface area contributed by atoms with E-state index < -0.39 is 46.4 Å². The van der Waals surface area contributed by atoms with E-state index in [1.807, 2.05) is 56.5 Å². The largest absolute Gasteiger partial charge is 0.504 e. The van der Waals surface area contributed by atoms with Crippen LogP contribution in [-0.4, -0.2) is 307 Å². The van der Waals surface area contributed by atoms with E-state index >= 15 is 0 Å². The number of benzene rings is 7. The van der Waals surface area contributed by atoms with Crippen LogP contribution in [0.15, 0.2) is 109 Å². The van der Waals surface area contributed by atoms with E-state index in [1.165, 1.54) is 80.5 Å². The number of phenolic OH excluding ortho intramolecular Hbond substituents is 4. The summed E-state index contributed by atoms with van der Waals surface area (Å²) in [5.41, 5.74) is 17.5. The Morgan fingerprint density at radius 3 is 1.12 bits per heavy atom. The zero-order valence-electron chi connectivity index (χ0n) is 87.0. The molecule has 14 heterocycles. The smallest absolute Gasteiger partial charge is 0.174 e. The van der Waals surface area contributed by atoms with Gasteiger partial charge in [-0.3, -0.25) is 19.2 Å². The minimum absolute atomic E-state index is 0.000278. The number of phenols is 4. The number of aromatic hydroxyl groups is 4. The van der Waals surface area contributed by atoms with Gasteiger partial charge in [0.25, 0.3) is 0 Å². The number of aliphatic hydroxyl groups excluding tert-OH is 3. The molecule has 14 aliphatic heterocycles. The topological polar surface area (TPSA) is 338 Å². The molecule has 12 fully saturated rings. The van der Waals surface area contributed by atoms with Gasteiger partial charge in [-0.25, -0.2) is 0 Å². The molecule has 0 amide bonds. The quantitative estimate of drug-likeness (QED) is 0.0690. The van der Waals surface area contributed by atoms with Crippen molar-refractivity contribution >= 4 is 23.1 Å². The lowest BCUT2D eigenvalue weighted by molar-refractivity contribution is -0.185. The van der Waals surface area contributed by atoms with Crippen LogP contribution in [0.2, 0.25) is 0 Å². The number of aryl methyl sites for hydroxylation is 2. The van der Waals surface area contributed by atoms with Crippen LogP contribution in [0.3, 0.4) is 0 Å². The van der Waals surface area contributed by atoms with Crippen molar-refractivity contribution in [3.63, 3.8) is 0 Å². The Labute approximate surface area is 869 Å². The molecule has 28 aliphatic rings. The van der Waals surface area contributed by atoms with Crippen molar-refractivity contribution in [1.29, 1.82) is 0 Å². The van der Waals surface area contributed by atoms with Crippen LogP contribution in [-0.2, 0) is 109 Å². The van der Waals surface area contributed by atoms with Gasteiger partial charge in [-0.1, -0.05) is 85.0 Å². The van der Waals surface area contributed by atoms with Gasteiger partial charge in [0.15, 0.2) is 93.5 Å². The van der Waals surface area contributed by atoms with E-state index in [1.54, 1.807) is 18.2 Å². The summed E-state index contributed by atoms with van der Waals surface area (Å²) in [4.78, 5) is 67.1. The van der Waals surface area contributed by atoms with Gasteiger partial charge in [0.05, 0.1) is 28.6 Å². The number of aliphatic hydroxyl groups is 5. The van der Waals surface area contributed by atoms with Crippen molar-refractivity contribution in [3.05, 3.63) is 204 Å². The normalized spacial score (nSPS) is 41.3. The van der Waals surface area contributed by atoms with Crippen molar-refractivity contribution in [1.82, 2.24) is 34.3 Å². The molecule has 27 nitrogen and oxygen atoms in total. The third kappa shape index (κ3) is 11.9. The molecule has 7 aromatic carbocycles. The predicted molar refractivity (Wildman–Crippen MR) is 551 cm³/mol. The van der Waals surface area contributed by atoms with Crippen LogP contribution >= 0.6 is 0 Å². The molecule has 9 N–H and O–H groups in total. The number of carbonyl (C=O) groups excluding carboxylic acids is 4. The number of hydrogen-bond donors (Lipinski definition) is 9. The molecule has 0 radical (unpaired) electrons. The number of Topliss-reactive ketones (excluding diaryl/α,β-unsaturated/α-hetero) is 4. The van der Waals surface area contributed by atoms with E-state index in [4.69, 9.17) is 33.2 Å². The summed E-state index contributed by atoms with van der Waals surface area (Å²) in [5.74, 6) is 9.30. The first-order valence-electron chi connectivity index (χ1n) is 56.0. The molecule has 149 heavy (non-hydrogen) atoms. The average Bonchev–Trinajstić information content (AvgIpc) is 1.52. The van der Waals surface area contributed by atoms with Crippen molar-refractivity contribution in [2.75, 3.05) is 95.1 Å². The zero-order chi connectivity index (χ0) is 102. The molecule has 0 aromatic heterocycles. The maximum Gasteiger partial charge on any atom is 0.174 e. The Kier molecular flexibility index (Phi) is 20.8. The van der Waals surface area contributed by atoms with Crippen molar-refractivity contribution in [2.45, 2.75) is 327 Å². The number of likely N-dealkylation sites (tertiary alicyclic amines) is 7. The summed E-state index contributed by atoms with van der Waals surface area (Å²) in [6.45, 7) is 11.2. The number of hydrogen-bond acceptors (Lipinski definition) is 27. The van der Waals surface area contributed by atoms with Gasteiger partial charge in [-0.2, -0.15) is 0 Å². The van der Waals surface area contributed by atoms with Crippen molar-refractivity contribution < 1.29 is 98.3 Å². The maximum atomic E-state index is 12.6. The fraction of sp³-hybridized carbons (Fsp3) is 0.590. The number of likely N-dealkylation sites (N-methyl/N-ethyl adjacent to an activating group) is 7. The Hall–Kier alpha value is -9.98. The Bertz CT molecular complexity index is 6750. The molecule has 14 aliphatic carbocycles. The standard InChI is InChI=1S/2C18H21NO3.C18H21NO2.C17H19NO4.2C17H19NO3.C17H21NO2/c1-10-3-4-11-9-13-18(21)6-5-12(20)16-17(18,7-8-19(13)2)14(11)15(10)22-16;1-19-7-6-18-12-4-5-14(21)17(18)22-16-11(9-20)3-2-10(15(16)18)8-13(12)19;1-10-3-4-11-9-13-12-5-6-14(20)17-18(12,7-8-19(13)2)15(11)16(10)21-17;1-18-7-6-16-13-9-2-3-10(19)14(13)22-15(16)11(20)4-5-17(16,21)12(18)8-9;2*1-18-7-6-17-10-3-5-13(20)16(17)21-15-12(19)4-2-9(14(15)17)8-11(10)18;1-18-8-7-17-11-3-2-4-14(17)20-16-13(19)6-5-10(15(16)17)9-12(11)18/h3-4,13,16,21H,5-9H2,1-2H3;2-3,12-13,17,20H,4-9H2,1H3;3-6,12-14,17,20H,7-9H2,1-2H3;2-3,12,15,19,21H,4-8H2,1H3;2,4,10-11,16,19H,3,5-8H2,1H3;2-5,10-11,13,16,19-20H,6-8H2,1H3;5-6,11-12,14,19H,2-4,7-9H2,1H3/t13-,16+,17+,18-;12-,13+,17-,18-;12-,13+,14-,17-,18-;12-,15+,16+,17-;10-,11+,16-,17-;10-,11+,13-,16-,17-;11-,12+,14-,17+/m1001000/s1.